The minimum absolute atomic E-state index is 0.0504. The zero-order chi connectivity index (χ0) is 17.3. The average molecular weight is 323 g/mol. The molecule has 0 aromatic heterocycles. The Morgan fingerprint density at radius 3 is 2.78 bits per heavy atom. The molecule has 2 rings (SSSR count). The Balaban J connectivity index is 2.04. The van der Waals surface area contributed by atoms with Crippen molar-refractivity contribution in [2.24, 2.45) is 0 Å². The fourth-order valence-corrected chi connectivity index (χ4v) is 2.29. The third-order valence-electron chi connectivity index (χ3n) is 3.29. The predicted octanol–water partition coefficient (Wildman–Crippen LogP) is 2.89. The molecule has 0 unspecified atom stereocenters. The van der Waals surface area contributed by atoms with E-state index in [0.717, 1.165) is 5.56 Å². The van der Waals surface area contributed by atoms with Gasteiger partial charge in [0.05, 0.1) is 19.3 Å². The Morgan fingerprint density at radius 1 is 1.43 bits per heavy atom. The number of carbonyl (C=O) groups excluding carboxylic acids is 1. The highest BCUT2D eigenvalue weighted by molar-refractivity contribution is 5.67. The molecular weight excluding hydrogens is 298 g/mol. The third kappa shape index (κ3) is 4.84. The Hall–Kier alpha value is -1.79. The Kier molecular flexibility index (Phi) is 4.87. The van der Waals surface area contributed by atoms with Crippen LogP contribution in [0.3, 0.4) is 0 Å². The summed E-state index contributed by atoms with van der Waals surface area (Å²) in [5, 5.41) is 12.9. The lowest BCUT2D eigenvalue weighted by molar-refractivity contribution is -0.180. The maximum absolute atomic E-state index is 11.7. The lowest BCUT2D eigenvalue weighted by atomic mass is 10.0. The van der Waals surface area contributed by atoms with Gasteiger partial charge in [-0.1, -0.05) is 12.1 Å². The molecular formula is C17H25NO5. The summed E-state index contributed by atoms with van der Waals surface area (Å²) in [5.41, 5.74) is 0.896. The second-order valence-electron chi connectivity index (χ2n) is 7.01. The maximum Gasteiger partial charge on any atom is 0.407 e. The van der Waals surface area contributed by atoms with Crippen LogP contribution in [0.5, 0.6) is 5.75 Å². The number of hydrogen-bond acceptors (Lipinski definition) is 5. The van der Waals surface area contributed by atoms with Gasteiger partial charge in [-0.05, 0) is 32.4 Å². The van der Waals surface area contributed by atoms with Gasteiger partial charge >= 0.3 is 6.09 Å². The van der Waals surface area contributed by atoms with E-state index in [1.165, 1.54) is 0 Å². The number of alkyl carbamates (subject to hydrolysis) is 1. The van der Waals surface area contributed by atoms with Crippen LogP contribution in [0, 0.1) is 0 Å². The lowest BCUT2D eigenvalue weighted by Crippen LogP contribution is -2.37. The summed E-state index contributed by atoms with van der Waals surface area (Å²) >= 11 is 0. The SMILES string of the molecule is CC(C)(C)OC(=O)NC[C@H](O)c1cccc2c1COC(C)(C)O2. The first-order valence-corrected chi connectivity index (χ1v) is 7.67. The Bertz CT molecular complexity index is 577. The van der Waals surface area contributed by atoms with E-state index in [2.05, 4.69) is 5.32 Å². The van der Waals surface area contributed by atoms with E-state index in [1.807, 2.05) is 26.0 Å². The molecule has 0 fully saturated rings. The van der Waals surface area contributed by atoms with Crippen molar-refractivity contribution in [2.45, 2.75) is 58.7 Å². The highest BCUT2D eigenvalue weighted by Gasteiger charge is 2.30. The van der Waals surface area contributed by atoms with Gasteiger partial charge < -0.3 is 24.6 Å². The summed E-state index contributed by atoms with van der Waals surface area (Å²) < 4.78 is 16.5. The number of nitrogens with one attached hydrogen (secondary N) is 1. The summed E-state index contributed by atoms with van der Waals surface area (Å²) in [6, 6.07) is 5.45. The predicted molar refractivity (Wildman–Crippen MR) is 85.1 cm³/mol. The normalized spacial score (nSPS) is 17.7. The molecule has 0 saturated heterocycles. The minimum atomic E-state index is -0.870. The van der Waals surface area contributed by atoms with Crippen LogP contribution in [-0.4, -0.2) is 29.1 Å². The van der Waals surface area contributed by atoms with E-state index in [-0.39, 0.29) is 6.54 Å². The highest BCUT2D eigenvalue weighted by atomic mass is 16.7. The molecule has 128 valence electrons. The van der Waals surface area contributed by atoms with E-state index in [1.54, 1.807) is 26.8 Å². The first-order valence-electron chi connectivity index (χ1n) is 7.67. The van der Waals surface area contributed by atoms with Gasteiger partial charge in [-0.2, -0.15) is 0 Å². The van der Waals surface area contributed by atoms with Gasteiger partial charge in [0.15, 0.2) is 0 Å². The maximum atomic E-state index is 11.7. The van der Waals surface area contributed by atoms with Crippen LogP contribution < -0.4 is 10.1 Å². The van der Waals surface area contributed by atoms with Crippen molar-refractivity contribution in [3.63, 3.8) is 0 Å². The Labute approximate surface area is 136 Å². The molecule has 6 heteroatoms. The van der Waals surface area contributed by atoms with Gasteiger partial charge in [0, 0.05) is 19.4 Å². The first-order chi connectivity index (χ1) is 10.6. The molecule has 1 atom stereocenters. The van der Waals surface area contributed by atoms with Crippen LogP contribution in [0.25, 0.3) is 0 Å². The summed E-state index contributed by atoms with van der Waals surface area (Å²) in [5.74, 6) is 0.000731. The zero-order valence-corrected chi connectivity index (χ0v) is 14.3. The van der Waals surface area contributed by atoms with E-state index in [4.69, 9.17) is 14.2 Å². The number of aliphatic hydroxyl groups excluding tert-OH is 1. The second-order valence-corrected chi connectivity index (χ2v) is 7.01. The number of rotatable bonds is 3. The van der Waals surface area contributed by atoms with E-state index in [0.29, 0.717) is 17.9 Å². The fraction of sp³-hybridized carbons (Fsp3) is 0.588. The number of amides is 1. The molecule has 6 nitrogen and oxygen atoms in total. The summed E-state index contributed by atoms with van der Waals surface area (Å²) in [7, 11) is 0. The van der Waals surface area contributed by atoms with Gasteiger partial charge in [0.2, 0.25) is 5.79 Å². The van der Waals surface area contributed by atoms with E-state index >= 15 is 0 Å². The zero-order valence-electron chi connectivity index (χ0n) is 14.3. The van der Waals surface area contributed by atoms with E-state index < -0.39 is 23.6 Å². The van der Waals surface area contributed by atoms with Gasteiger partial charge in [-0.25, -0.2) is 4.79 Å². The number of fused-ring (bicyclic) bond motifs is 1. The molecule has 0 aliphatic carbocycles. The second kappa shape index (κ2) is 6.37. The molecule has 2 N–H and O–H groups in total. The van der Waals surface area contributed by atoms with Gasteiger partial charge in [-0.3, -0.25) is 0 Å². The Morgan fingerprint density at radius 2 is 2.13 bits per heavy atom. The minimum Gasteiger partial charge on any atom is -0.463 e. The van der Waals surface area contributed by atoms with Crippen molar-refractivity contribution in [1.29, 1.82) is 0 Å². The number of aliphatic hydroxyl groups is 1. The van der Waals surface area contributed by atoms with Crippen molar-refractivity contribution in [3.8, 4) is 5.75 Å². The van der Waals surface area contributed by atoms with Crippen molar-refractivity contribution >= 4 is 6.09 Å². The molecule has 0 radical (unpaired) electrons. The van der Waals surface area contributed by atoms with Crippen molar-refractivity contribution < 1.29 is 24.1 Å². The molecule has 1 aliphatic rings. The largest absolute Gasteiger partial charge is 0.463 e. The van der Waals surface area contributed by atoms with Crippen molar-refractivity contribution in [3.05, 3.63) is 29.3 Å². The van der Waals surface area contributed by atoms with Gasteiger partial charge in [-0.15, -0.1) is 0 Å². The smallest absolute Gasteiger partial charge is 0.407 e. The number of benzene rings is 1. The van der Waals surface area contributed by atoms with Gasteiger partial charge in [0.1, 0.15) is 11.4 Å². The van der Waals surface area contributed by atoms with Gasteiger partial charge in [0.25, 0.3) is 0 Å². The van der Waals surface area contributed by atoms with Crippen LogP contribution in [0.1, 0.15) is 51.8 Å². The summed E-state index contributed by atoms with van der Waals surface area (Å²) in [4.78, 5) is 11.7. The molecule has 23 heavy (non-hydrogen) atoms. The van der Waals surface area contributed by atoms with Crippen LogP contribution in [0.15, 0.2) is 18.2 Å². The topological polar surface area (TPSA) is 77.0 Å². The van der Waals surface area contributed by atoms with Crippen LogP contribution >= 0.6 is 0 Å². The summed E-state index contributed by atoms with van der Waals surface area (Å²) in [6.07, 6.45) is -1.43. The molecule has 1 aromatic carbocycles. The molecule has 1 aliphatic heterocycles. The van der Waals surface area contributed by atoms with E-state index in [9.17, 15) is 9.90 Å². The molecule has 0 saturated carbocycles. The molecule has 1 amide bonds. The molecule has 1 heterocycles. The number of ether oxygens (including phenoxy) is 3. The molecule has 0 bridgehead atoms. The van der Waals surface area contributed by atoms with Crippen LogP contribution in [0.4, 0.5) is 4.79 Å². The van der Waals surface area contributed by atoms with Crippen molar-refractivity contribution in [2.75, 3.05) is 6.54 Å². The number of carbonyl (C=O) groups is 1. The molecule has 1 aromatic rings. The lowest BCUT2D eigenvalue weighted by Gasteiger charge is -2.34. The first kappa shape index (κ1) is 17.6. The van der Waals surface area contributed by atoms with Crippen LogP contribution in [0.2, 0.25) is 0 Å². The highest BCUT2D eigenvalue weighted by Crippen LogP contribution is 2.35. The average Bonchev–Trinajstić information content (AvgIpc) is 2.41. The fourth-order valence-electron chi connectivity index (χ4n) is 2.29. The van der Waals surface area contributed by atoms with Crippen molar-refractivity contribution in [1.82, 2.24) is 5.32 Å². The summed E-state index contributed by atoms with van der Waals surface area (Å²) in [6.45, 7) is 9.43. The third-order valence-corrected chi connectivity index (χ3v) is 3.29. The molecule has 0 spiro atoms. The van der Waals surface area contributed by atoms with Crippen LogP contribution in [-0.2, 0) is 16.1 Å². The quantitative estimate of drug-likeness (QED) is 0.894. The monoisotopic (exact) mass is 323 g/mol. The number of hydrogen-bond donors (Lipinski definition) is 2. The standard InChI is InChI=1S/C17H25NO5/c1-16(2,3)23-15(20)18-9-13(19)11-7-6-8-14-12(11)10-21-17(4,5)22-14/h6-8,13,19H,9-10H2,1-5H3,(H,18,20)/t13-/m0/s1.